The van der Waals surface area contributed by atoms with Crippen LogP contribution in [0.15, 0.2) is 41.7 Å². The highest BCUT2D eigenvalue weighted by Gasteiger charge is 2.06. The maximum atomic E-state index is 11.1. The summed E-state index contributed by atoms with van der Waals surface area (Å²) in [6.45, 7) is 0.616. The van der Waals surface area contributed by atoms with Crippen LogP contribution in [-0.4, -0.2) is 18.0 Å². The fraction of sp³-hybridized carbons (Fsp3) is 0.182. The summed E-state index contributed by atoms with van der Waals surface area (Å²) in [5.41, 5.74) is 1.86. The Balaban J connectivity index is 2.05. The second-order valence-corrected chi connectivity index (χ2v) is 5.48. The van der Waals surface area contributed by atoms with E-state index in [4.69, 9.17) is 5.14 Å². The van der Waals surface area contributed by atoms with E-state index in [-0.39, 0.29) is 4.90 Å². The molecule has 96 valence electrons. The van der Waals surface area contributed by atoms with Gasteiger partial charge in [-0.05, 0) is 24.3 Å². The zero-order valence-electron chi connectivity index (χ0n) is 9.87. The molecular formula is C11H14N4O2S. The molecule has 0 atom stereocenters. The Morgan fingerprint density at radius 3 is 2.50 bits per heavy atom. The number of nitrogens with one attached hydrogen (secondary N) is 1. The van der Waals surface area contributed by atoms with Crippen LogP contribution in [0, 0.1) is 0 Å². The molecule has 1 aromatic carbocycles. The number of hydrogen-bond acceptors (Lipinski definition) is 4. The molecule has 3 N–H and O–H groups in total. The number of anilines is 1. The van der Waals surface area contributed by atoms with Gasteiger partial charge in [0.2, 0.25) is 10.0 Å². The van der Waals surface area contributed by atoms with Gasteiger partial charge in [0.1, 0.15) is 0 Å². The first-order valence-electron chi connectivity index (χ1n) is 5.29. The maximum Gasteiger partial charge on any atom is 0.238 e. The first kappa shape index (κ1) is 12.6. The lowest BCUT2D eigenvalue weighted by atomic mass is 10.3. The molecule has 1 heterocycles. The zero-order chi connectivity index (χ0) is 13.2. The van der Waals surface area contributed by atoms with Crippen molar-refractivity contribution in [2.45, 2.75) is 11.4 Å². The van der Waals surface area contributed by atoms with E-state index < -0.39 is 10.0 Å². The van der Waals surface area contributed by atoms with Crippen molar-refractivity contribution in [3.8, 4) is 0 Å². The van der Waals surface area contributed by atoms with Gasteiger partial charge in [0.05, 0.1) is 23.5 Å². The predicted molar refractivity (Wildman–Crippen MR) is 68.3 cm³/mol. The largest absolute Gasteiger partial charge is 0.379 e. The van der Waals surface area contributed by atoms with Gasteiger partial charge in [-0.25, -0.2) is 18.5 Å². The van der Waals surface area contributed by atoms with Crippen LogP contribution in [0.5, 0.6) is 0 Å². The van der Waals surface area contributed by atoms with Crippen molar-refractivity contribution in [3.05, 3.63) is 42.5 Å². The molecule has 1 aromatic heterocycles. The molecule has 0 saturated heterocycles. The molecule has 6 nitrogen and oxygen atoms in total. The van der Waals surface area contributed by atoms with Crippen molar-refractivity contribution >= 4 is 15.7 Å². The van der Waals surface area contributed by atoms with E-state index >= 15 is 0 Å². The van der Waals surface area contributed by atoms with E-state index in [2.05, 4.69) is 10.3 Å². The third-order valence-electron chi connectivity index (χ3n) is 2.57. The van der Waals surface area contributed by atoms with Gasteiger partial charge >= 0.3 is 0 Å². The molecule has 0 spiro atoms. The Labute approximate surface area is 106 Å². The molecule has 0 amide bonds. The molecule has 0 bridgehead atoms. The monoisotopic (exact) mass is 266 g/mol. The van der Waals surface area contributed by atoms with Gasteiger partial charge in [-0.3, -0.25) is 0 Å². The molecule has 0 radical (unpaired) electrons. The summed E-state index contributed by atoms with van der Waals surface area (Å²) < 4.78 is 24.1. The number of nitrogens with two attached hydrogens (primary N) is 1. The zero-order valence-corrected chi connectivity index (χ0v) is 10.7. The van der Waals surface area contributed by atoms with E-state index in [0.717, 1.165) is 11.4 Å². The van der Waals surface area contributed by atoms with Gasteiger partial charge in [-0.15, -0.1) is 0 Å². The predicted octanol–water partition coefficient (Wildman–Crippen LogP) is 0.680. The number of rotatable bonds is 4. The summed E-state index contributed by atoms with van der Waals surface area (Å²) in [7, 11) is -1.72. The van der Waals surface area contributed by atoms with Crippen LogP contribution in [0.3, 0.4) is 0 Å². The lowest BCUT2D eigenvalue weighted by Crippen LogP contribution is -2.12. The number of sulfonamides is 1. The summed E-state index contributed by atoms with van der Waals surface area (Å²) in [5, 5.41) is 8.19. The molecule has 2 rings (SSSR count). The van der Waals surface area contributed by atoms with Crippen LogP contribution in [-0.2, 0) is 23.6 Å². The molecular weight excluding hydrogens is 252 g/mol. The molecule has 18 heavy (non-hydrogen) atoms. The molecule has 0 aliphatic rings. The minimum atomic E-state index is -3.63. The maximum absolute atomic E-state index is 11.1. The number of primary sulfonamides is 1. The fourth-order valence-electron chi connectivity index (χ4n) is 1.51. The minimum Gasteiger partial charge on any atom is -0.379 e. The highest BCUT2D eigenvalue weighted by molar-refractivity contribution is 7.89. The molecule has 2 aromatic rings. The Bertz CT molecular complexity index is 631. The molecule has 7 heteroatoms. The molecule has 0 aliphatic carbocycles. The van der Waals surface area contributed by atoms with Gasteiger partial charge in [-0.2, -0.15) is 0 Å². The van der Waals surface area contributed by atoms with Gasteiger partial charge in [-0.1, -0.05) is 0 Å². The van der Waals surface area contributed by atoms with E-state index in [1.165, 1.54) is 12.1 Å². The average Bonchev–Trinajstić information content (AvgIpc) is 2.72. The average molecular weight is 266 g/mol. The second-order valence-electron chi connectivity index (χ2n) is 3.92. The smallest absolute Gasteiger partial charge is 0.238 e. The molecule has 0 saturated carbocycles. The van der Waals surface area contributed by atoms with Crippen LogP contribution in [0.2, 0.25) is 0 Å². The van der Waals surface area contributed by atoms with Crippen LogP contribution in [0.1, 0.15) is 5.69 Å². The van der Waals surface area contributed by atoms with Crippen LogP contribution >= 0.6 is 0 Å². The van der Waals surface area contributed by atoms with Crippen molar-refractivity contribution in [2.24, 2.45) is 12.2 Å². The van der Waals surface area contributed by atoms with Crippen molar-refractivity contribution in [3.63, 3.8) is 0 Å². The van der Waals surface area contributed by atoms with Crippen molar-refractivity contribution in [1.29, 1.82) is 0 Å². The topological polar surface area (TPSA) is 90.0 Å². The van der Waals surface area contributed by atoms with Crippen molar-refractivity contribution in [2.75, 3.05) is 5.32 Å². The minimum absolute atomic E-state index is 0.105. The third kappa shape index (κ3) is 2.88. The van der Waals surface area contributed by atoms with E-state index in [1.54, 1.807) is 24.7 Å². The summed E-state index contributed by atoms with van der Waals surface area (Å²) >= 11 is 0. The lowest BCUT2D eigenvalue weighted by molar-refractivity contribution is 0.598. The standard InChI is InChI=1S/C11H14N4O2S/c1-15-8-13-6-10(15)7-14-9-2-4-11(5-3-9)18(12,16)17/h2-6,8,14H,7H2,1H3,(H2,12,16,17). The molecule has 0 fully saturated rings. The molecule has 0 aliphatic heterocycles. The Kier molecular flexibility index (Phi) is 3.35. The number of nitrogens with zero attached hydrogens (tertiary/aromatic N) is 2. The number of benzene rings is 1. The Hall–Kier alpha value is -1.86. The number of aryl methyl sites for hydroxylation is 1. The van der Waals surface area contributed by atoms with Gasteiger partial charge < -0.3 is 9.88 Å². The lowest BCUT2D eigenvalue weighted by Gasteiger charge is -2.07. The number of aromatic nitrogens is 2. The third-order valence-corrected chi connectivity index (χ3v) is 3.50. The quantitative estimate of drug-likeness (QED) is 0.851. The number of imidazole rings is 1. The van der Waals surface area contributed by atoms with E-state index in [1.807, 2.05) is 11.6 Å². The number of hydrogen-bond donors (Lipinski definition) is 2. The first-order valence-corrected chi connectivity index (χ1v) is 6.83. The second kappa shape index (κ2) is 4.79. The van der Waals surface area contributed by atoms with Gasteiger partial charge in [0, 0.05) is 18.9 Å². The van der Waals surface area contributed by atoms with E-state index in [0.29, 0.717) is 6.54 Å². The highest BCUT2D eigenvalue weighted by Crippen LogP contribution is 2.13. The summed E-state index contributed by atoms with van der Waals surface area (Å²) in [6, 6.07) is 6.30. The fourth-order valence-corrected chi connectivity index (χ4v) is 2.03. The highest BCUT2D eigenvalue weighted by atomic mass is 32.2. The normalized spacial score (nSPS) is 11.4. The SMILES string of the molecule is Cn1cncc1CNc1ccc(S(N)(=O)=O)cc1. The first-order chi connectivity index (χ1) is 8.47. The van der Waals surface area contributed by atoms with Crippen molar-refractivity contribution in [1.82, 2.24) is 9.55 Å². The van der Waals surface area contributed by atoms with Gasteiger partial charge in [0.15, 0.2) is 0 Å². The summed E-state index contributed by atoms with van der Waals surface area (Å²) in [4.78, 5) is 4.11. The van der Waals surface area contributed by atoms with Gasteiger partial charge in [0.25, 0.3) is 0 Å². The van der Waals surface area contributed by atoms with Crippen LogP contribution in [0.25, 0.3) is 0 Å². The van der Waals surface area contributed by atoms with Crippen molar-refractivity contribution < 1.29 is 8.42 Å². The van der Waals surface area contributed by atoms with Crippen LogP contribution in [0.4, 0.5) is 5.69 Å². The summed E-state index contributed by atoms with van der Waals surface area (Å²) in [6.07, 6.45) is 3.49. The molecule has 0 unspecified atom stereocenters. The van der Waals surface area contributed by atoms with E-state index in [9.17, 15) is 8.42 Å². The summed E-state index contributed by atoms with van der Waals surface area (Å²) in [5.74, 6) is 0. The van der Waals surface area contributed by atoms with Crippen LogP contribution < -0.4 is 10.5 Å². The Morgan fingerprint density at radius 1 is 1.33 bits per heavy atom. The Morgan fingerprint density at radius 2 is 2.00 bits per heavy atom.